The van der Waals surface area contributed by atoms with Gasteiger partial charge in [-0.05, 0) is 43.2 Å². The summed E-state index contributed by atoms with van der Waals surface area (Å²) < 4.78 is 39.9. The predicted molar refractivity (Wildman–Crippen MR) is 74.9 cm³/mol. The third-order valence-corrected chi connectivity index (χ3v) is 4.56. The van der Waals surface area contributed by atoms with Gasteiger partial charge in [-0.15, -0.1) is 13.2 Å². The summed E-state index contributed by atoms with van der Waals surface area (Å²) in [6, 6.07) is 6.54. The summed E-state index contributed by atoms with van der Waals surface area (Å²) in [7, 11) is 0. The fourth-order valence-corrected chi connectivity index (χ4v) is 3.21. The highest BCUT2D eigenvalue weighted by Gasteiger charge is 2.31. The molecule has 0 bridgehead atoms. The van der Waals surface area contributed by atoms with Crippen molar-refractivity contribution in [3.05, 3.63) is 29.8 Å². The van der Waals surface area contributed by atoms with Crippen LogP contribution in [0, 0.1) is 0 Å². The molecule has 20 heavy (non-hydrogen) atoms. The molecule has 1 aromatic carbocycles. The van der Waals surface area contributed by atoms with Crippen molar-refractivity contribution < 1.29 is 17.9 Å². The maximum Gasteiger partial charge on any atom is 0.573 e. The van der Waals surface area contributed by atoms with E-state index in [9.17, 15) is 13.2 Å². The van der Waals surface area contributed by atoms with E-state index in [0.717, 1.165) is 17.2 Å². The van der Waals surface area contributed by atoms with Gasteiger partial charge in [0.05, 0.1) is 0 Å². The molecule has 2 rings (SSSR count). The van der Waals surface area contributed by atoms with Crippen LogP contribution in [-0.2, 0) is 6.54 Å². The first-order chi connectivity index (χ1) is 9.46. The molecule has 1 fully saturated rings. The van der Waals surface area contributed by atoms with Crippen LogP contribution in [0.25, 0.3) is 0 Å². The lowest BCUT2D eigenvalue weighted by atomic mass is 10.2. The molecule has 1 aliphatic rings. The molecule has 6 heteroatoms. The molecule has 1 aliphatic carbocycles. The molecule has 1 N–H and O–H groups in total. The van der Waals surface area contributed by atoms with Crippen molar-refractivity contribution in [3.8, 4) is 5.75 Å². The Morgan fingerprint density at radius 2 is 1.95 bits per heavy atom. The average molecular weight is 305 g/mol. The predicted octanol–water partition coefficient (Wildman–Crippen LogP) is 3.96. The quantitative estimate of drug-likeness (QED) is 0.890. The second-order valence-electron chi connectivity index (χ2n) is 4.94. The lowest BCUT2D eigenvalue weighted by Gasteiger charge is -2.13. The molecule has 0 aliphatic heterocycles. The molecular weight excluding hydrogens is 287 g/mol. The van der Waals surface area contributed by atoms with Gasteiger partial charge in [-0.1, -0.05) is 12.1 Å². The molecule has 1 saturated carbocycles. The van der Waals surface area contributed by atoms with Gasteiger partial charge in [-0.25, -0.2) is 0 Å². The van der Waals surface area contributed by atoms with Gasteiger partial charge in [0.25, 0.3) is 0 Å². The molecule has 0 amide bonds. The second kappa shape index (κ2) is 6.72. The molecule has 2 atom stereocenters. The number of thioether (sulfide) groups is 1. The number of ether oxygens (including phenoxy) is 1. The highest BCUT2D eigenvalue weighted by molar-refractivity contribution is 7.99. The molecular formula is C14H18F3NOS. The van der Waals surface area contributed by atoms with Crippen LogP contribution in [0.15, 0.2) is 24.3 Å². The van der Waals surface area contributed by atoms with E-state index >= 15 is 0 Å². The minimum Gasteiger partial charge on any atom is -0.406 e. The Morgan fingerprint density at radius 1 is 1.25 bits per heavy atom. The van der Waals surface area contributed by atoms with Crippen molar-refractivity contribution in [1.82, 2.24) is 5.32 Å². The first kappa shape index (κ1) is 15.5. The summed E-state index contributed by atoms with van der Waals surface area (Å²) >= 11 is 1.90. The van der Waals surface area contributed by atoms with Crippen LogP contribution in [0.1, 0.15) is 24.8 Å². The second-order valence-corrected chi connectivity index (χ2v) is 6.08. The highest BCUT2D eigenvalue weighted by Crippen LogP contribution is 2.28. The molecule has 112 valence electrons. The number of rotatable bonds is 5. The van der Waals surface area contributed by atoms with Crippen molar-refractivity contribution in [3.63, 3.8) is 0 Å². The summed E-state index contributed by atoms with van der Waals surface area (Å²) in [5.74, 6) is -0.176. The molecule has 0 heterocycles. The molecule has 0 saturated heterocycles. The summed E-state index contributed by atoms with van der Waals surface area (Å²) in [5.41, 5.74) is 0.965. The van der Waals surface area contributed by atoms with Gasteiger partial charge in [0.15, 0.2) is 0 Å². The summed E-state index contributed by atoms with van der Waals surface area (Å²) in [5, 5.41) is 4.19. The van der Waals surface area contributed by atoms with E-state index in [1.807, 2.05) is 11.8 Å². The molecule has 2 unspecified atom stereocenters. The Bertz CT molecular complexity index is 421. The monoisotopic (exact) mass is 305 g/mol. The van der Waals surface area contributed by atoms with Crippen molar-refractivity contribution >= 4 is 11.8 Å². The Kier molecular flexibility index (Phi) is 5.21. The zero-order valence-corrected chi connectivity index (χ0v) is 12.1. The van der Waals surface area contributed by atoms with Crippen LogP contribution >= 0.6 is 11.8 Å². The van der Waals surface area contributed by atoms with Crippen LogP contribution in [0.3, 0.4) is 0 Å². The van der Waals surface area contributed by atoms with Crippen LogP contribution in [-0.4, -0.2) is 23.9 Å². The Labute approximate surface area is 121 Å². The van der Waals surface area contributed by atoms with Crippen LogP contribution in [0.2, 0.25) is 0 Å². The minimum absolute atomic E-state index is 0.176. The zero-order chi connectivity index (χ0) is 14.6. The normalized spacial score (nSPS) is 23.0. The van der Waals surface area contributed by atoms with Crippen molar-refractivity contribution in [2.24, 2.45) is 0 Å². The number of hydrogen-bond acceptors (Lipinski definition) is 3. The van der Waals surface area contributed by atoms with Gasteiger partial charge in [-0.3, -0.25) is 0 Å². The number of hydrogen-bond donors (Lipinski definition) is 1. The van der Waals surface area contributed by atoms with Crippen LogP contribution in [0.4, 0.5) is 13.2 Å². The SMILES string of the molecule is CSC1CCC(NCc2ccc(OC(F)(F)F)cc2)C1. The number of halogens is 3. The Hall–Kier alpha value is -0.880. The average Bonchev–Trinajstić information content (AvgIpc) is 2.84. The smallest absolute Gasteiger partial charge is 0.406 e. The molecule has 0 aromatic heterocycles. The topological polar surface area (TPSA) is 21.3 Å². The summed E-state index contributed by atoms with van der Waals surface area (Å²) in [6.45, 7) is 0.679. The largest absolute Gasteiger partial charge is 0.573 e. The molecule has 0 spiro atoms. The standard InChI is InChI=1S/C14H18F3NOS/c1-20-13-7-4-11(8-13)18-9-10-2-5-12(6-3-10)19-14(15,16)17/h2-3,5-6,11,13,18H,4,7-9H2,1H3. The first-order valence-electron chi connectivity index (χ1n) is 6.57. The third kappa shape index (κ3) is 4.90. The van der Waals surface area contributed by atoms with Crippen LogP contribution < -0.4 is 10.1 Å². The van der Waals surface area contributed by atoms with Gasteiger partial charge in [0.2, 0.25) is 0 Å². The zero-order valence-electron chi connectivity index (χ0n) is 11.2. The van der Waals surface area contributed by atoms with E-state index in [1.54, 1.807) is 12.1 Å². The number of alkyl halides is 3. The van der Waals surface area contributed by atoms with Gasteiger partial charge in [0.1, 0.15) is 5.75 Å². The lowest BCUT2D eigenvalue weighted by molar-refractivity contribution is -0.274. The van der Waals surface area contributed by atoms with E-state index < -0.39 is 6.36 Å². The fourth-order valence-electron chi connectivity index (χ4n) is 2.41. The van der Waals surface area contributed by atoms with Gasteiger partial charge < -0.3 is 10.1 Å². The van der Waals surface area contributed by atoms with E-state index in [2.05, 4.69) is 16.3 Å². The summed E-state index contributed by atoms with van der Waals surface area (Å²) in [6.07, 6.45) is 1.07. The third-order valence-electron chi connectivity index (χ3n) is 3.47. The van der Waals surface area contributed by atoms with Crippen molar-refractivity contribution in [2.45, 2.75) is 43.5 Å². The number of nitrogens with one attached hydrogen (secondary N) is 1. The number of benzene rings is 1. The van der Waals surface area contributed by atoms with Gasteiger partial charge in [-0.2, -0.15) is 11.8 Å². The Morgan fingerprint density at radius 3 is 2.50 bits per heavy atom. The molecule has 1 aromatic rings. The maximum absolute atomic E-state index is 12.0. The van der Waals surface area contributed by atoms with Crippen molar-refractivity contribution in [1.29, 1.82) is 0 Å². The van der Waals surface area contributed by atoms with E-state index in [0.29, 0.717) is 12.6 Å². The lowest BCUT2D eigenvalue weighted by Crippen LogP contribution is -2.26. The highest BCUT2D eigenvalue weighted by atomic mass is 32.2. The molecule has 0 radical (unpaired) electrons. The van der Waals surface area contributed by atoms with E-state index in [-0.39, 0.29) is 5.75 Å². The summed E-state index contributed by atoms with van der Waals surface area (Å²) in [4.78, 5) is 0. The Balaban J connectivity index is 1.79. The molecule has 2 nitrogen and oxygen atoms in total. The van der Waals surface area contributed by atoms with Crippen LogP contribution in [0.5, 0.6) is 5.75 Å². The maximum atomic E-state index is 12.0. The van der Waals surface area contributed by atoms with Gasteiger partial charge in [0, 0.05) is 17.8 Å². The van der Waals surface area contributed by atoms with Crippen molar-refractivity contribution in [2.75, 3.05) is 6.26 Å². The van der Waals surface area contributed by atoms with E-state index in [1.165, 1.54) is 25.0 Å². The fraction of sp³-hybridized carbons (Fsp3) is 0.571. The van der Waals surface area contributed by atoms with E-state index in [4.69, 9.17) is 0 Å². The first-order valence-corrected chi connectivity index (χ1v) is 7.86. The van der Waals surface area contributed by atoms with Gasteiger partial charge >= 0.3 is 6.36 Å². The minimum atomic E-state index is -4.63.